The highest BCUT2D eigenvalue weighted by Gasteiger charge is 2.40. The molecule has 1 saturated heterocycles. The molecular formula is C19H15Cl2NO4S2. The van der Waals surface area contributed by atoms with E-state index in [2.05, 4.69) is 0 Å². The zero-order chi connectivity index (χ0) is 20.4. The molecule has 2 aromatic rings. The van der Waals surface area contributed by atoms with Gasteiger partial charge in [-0.3, -0.25) is 9.69 Å². The molecule has 1 fully saturated rings. The van der Waals surface area contributed by atoms with E-state index in [1.165, 1.54) is 4.90 Å². The van der Waals surface area contributed by atoms with Crippen LogP contribution in [0.4, 0.5) is 0 Å². The Hall–Kier alpha value is -1.80. The van der Waals surface area contributed by atoms with Crippen LogP contribution in [-0.4, -0.2) is 32.2 Å². The fourth-order valence-electron chi connectivity index (χ4n) is 2.75. The van der Waals surface area contributed by atoms with E-state index < -0.39 is 17.9 Å². The molecule has 1 amide bonds. The van der Waals surface area contributed by atoms with E-state index >= 15 is 0 Å². The minimum Gasteiger partial charge on any atom is -0.480 e. The molecule has 9 heteroatoms. The molecule has 0 saturated carbocycles. The summed E-state index contributed by atoms with van der Waals surface area (Å²) in [6, 6.07) is 7.64. The second kappa shape index (κ2) is 8.69. The van der Waals surface area contributed by atoms with Crippen molar-refractivity contribution in [3.63, 3.8) is 0 Å². The number of halogens is 2. The van der Waals surface area contributed by atoms with Gasteiger partial charge in [-0.2, -0.15) is 0 Å². The number of furan rings is 1. The standard InChI is InChI=1S/C19H15Cl2NO4S2/c1-2-3-14(18(24)25)22-17(23)16(28-19(22)27)9-11-5-7-15(26-11)10-4-6-12(20)13(21)8-10/h4-9,14H,2-3H2,1H3,(H,24,25)/b16-9-. The van der Waals surface area contributed by atoms with Crippen molar-refractivity contribution in [1.29, 1.82) is 0 Å². The molecule has 1 aliphatic heterocycles. The summed E-state index contributed by atoms with van der Waals surface area (Å²) >= 11 is 18.3. The number of aliphatic carboxylic acids is 1. The molecule has 146 valence electrons. The van der Waals surface area contributed by atoms with Gasteiger partial charge in [-0.15, -0.1) is 0 Å². The number of carbonyl (C=O) groups excluding carboxylic acids is 1. The Morgan fingerprint density at radius 2 is 2.07 bits per heavy atom. The van der Waals surface area contributed by atoms with E-state index in [0.717, 1.165) is 17.3 Å². The number of benzene rings is 1. The average molecular weight is 456 g/mol. The lowest BCUT2D eigenvalue weighted by molar-refractivity contribution is -0.145. The Bertz CT molecular complexity index is 986. The number of rotatable bonds is 6. The van der Waals surface area contributed by atoms with Crippen LogP contribution < -0.4 is 0 Å². The topological polar surface area (TPSA) is 70.8 Å². The summed E-state index contributed by atoms with van der Waals surface area (Å²) in [6.07, 6.45) is 2.51. The van der Waals surface area contributed by atoms with Gasteiger partial charge in [0, 0.05) is 11.6 Å². The van der Waals surface area contributed by atoms with Crippen LogP contribution in [0.25, 0.3) is 17.4 Å². The maximum Gasteiger partial charge on any atom is 0.326 e. The van der Waals surface area contributed by atoms with Crippen molar-refractivity contribution in [1.82, 2.24) is 4.90 Å². The third kappa shape index (κ3) is 4.27. The maximum absolute atomic E-state index is 12.7. The molecule has 1 aromatic heterocycles. The molecule has 2 heterocycles. The number of nitrogens with zero attached hydrogens (tertiary/aromatic N) is 1. The maximum atomic E-state index is 12.7. The highest BCUT2D eigenvalue weighted by atomic mass is 35.5. The zero-order valence-corrected chi connectivity index (χ0v) is 17.8. The van der Waals surface area contributed by atoms with Crippen LogP contribution in [0, 0.1) is 0 Å². The third-order valence-electron chi connectivity index (χ3n) is 4.09. The molecule has 0 radical (unpaired) electrons. The predicted octanol–water partition coefficient (Wildman–Crippen LogP) is 5.71. The largest absolute Gasteiger partial charge is 0.480 e. The van der Waals surface area contributed by atoms with Gasteiger partial charge in [-0.25, -0.2) is 4.79 Å². The summed E-state index contributed by atoms with van der Waals surface area (Å²) < 4.78 is 6.01. The van der Waals surface area contributed by atoms with Gasteiger partial charge in [-0.1, -0.05) is 60.5 Å². The Labute approximate surface area is 181 Å². The molecular weight excluding hydrogens is 441 g/mol. The lowest BCUT2D eigenvalue weighted by Crippen LogP contribution is -2.43. The van der Waals surface area contributed by atoms with E-state index in [-0.39, 0.29) is 4.32 Å². The predicted molar refractivity (Wildman–Crippen MR) is 116 cm³/mol. The van der Waals surface area contributed by atoms with E-state index in [0.29, 0.717) is 39.3 Å². The van der Waals surface area contributed by atoms with Crippen LogP contribution in [0.1, 0.15) is 25.5 Å². The molecule has 0 bridgehead atoms. The molecule has 3 rings (SSSR count). The fraction of sp³-hybridized carbons (Fsp3) is 0.211. The van der Waals surface area contributed by atoms with E-state index in [1.807, 2.05) is 6.92 Å². The molecule has 0 aliphatic carbocycles. The number of amides is 1. The van der Waals surface area contributed by atoms with Crippen molar-refractivity contribution < 1.29 is 19.1 Å². The fourth-order valence-corrected chi connectivity index (χ4v) is 4.38. The van der Waals surface area contributed by atoms with Crippen LogP contribution in [0.15, 0.2) is 39.7 Å². The number of thioether (sulfide) groups is 1. The summed E-state index contributed by atoms with van der Waals surface area (Å²) in [5.41, 5.74) is 0.746. The first-order valence-corrected chi connectivity index (χ1v) is 10.3. The van der Waals surface area contributed by atoms with Crippen molar-refractivity contribution in [2.45, 2.75) is 25.8 Å². The van der Waals surface area contributed by atoms with Crippen molar-refractivity contribution in [2.24, 2.45) is 0 Å². The molecule has 1 aromatic carbocycles. The van der Waals surface area contributed by atoms with Crippen molar-refractivity contribution in [3.8, 4) is 11.3 Å². The second-order valence-corrected chi connectivity index (χ2v) is 8.52. The minimum absolute atomic E-state index is 0.230. The van der Waals surface area contributed by atoms with Gasteiger partial charge in [-0.05, 0) is 36.8 Å². The number of carboxylic acid groups (broad SMARTS) is 1. The minimum atomic E-state index is -1.07. The third-order valence-corrected chi connectivity index (χ3v) is 6.16. The molecule has 0 spiro atoms. The lowest BCUT2D eigenvalue weighted by Gasteiger charge is -2.22. The van der Waals surface area contributed by atoms with Crippen LogP contribution in [0.3, 0.4) is 0 Å². The van der Waals surface area contributed by atoms with Gasteiger partial charge in [0.1, 0.15) is 21.9 Å². The molecule has 1 N–H and O–H groups in total. The first-order chi connectivity index (χ1) is 13.3. The van der Waals surface area contributed by atoms with Gasteiger partial charge in [0.2, 0.25) is 0 Å². The van der Waals surface area contributed by atoms with E-state index in [4.69, 9.17) is 39.8 Å². The summed E-state index contributed by atoms with van der Waals surface area (Å²) in [5.74, 6) is -0.485. The summed E-state index contributed by atoms with van der Waals surface area (Å²) in [4.78, 5) is 25.7. The highest BCUT2D eigenvalue weighted by molar-refractivity contribution is 8.26. The summed E-state index contributed by atoms with van der Waals surface area (Å²) in [5, 5.41) is 10.3. The SMILES string of the molecule is CCCC(C(=O)O)N1C(=O)/C(=C/c2ccc(-c3ccc(Cl)c(Cl)c3)o2)SC1=S. The number of hydrogen-bond acceptors (Lipinski definition) is 5. The Morgan fingerprint density at radius 3 is 2.71 bits per heavy atom. The van der Waals surface area contributed by atoms with Gasteiger partial charge < -0.3 is 9.52 Å². The number of carbonyl (C=O) groups is 2. The molecule has 5 nitrogen and oxygen atoms in total. The summed E-state index contributed by atoms with van der Waals surface area (Å²) in [6.45, 7) is 1.86. The Morgan fingerprint density at radius 1 is 1.32 bits per heavy atom. The van der Waals surface area contributed by atoms with E-state index in [1.54, 1.807) is 36.4 Å². The molecule has 1 atom stereocenters. The number of thiocarbonyl (C=S) groups is 1. The zero-order valence-electron chi connectivity index (χ0n) is 14.6. The van der Waals surface area contributed by atoms with Crippen LogP contribution in [0.5, 0.6) is 0 Å². The molecule has 1 unspecified atom stereocenters. The average Bonchev–Trinajstić information content (AvgIpc) is 3.21. The van der Waals surface area contributed by atoms with Gasteiger partial charge in [0.15, 0.2) is 0 Å². The smallest absolute Gasteiger partial charge is 0.326 e. The van der Waals surface area contributed by atoms with Crippen LogP contribution in [0.2, 0.25) is 10.0 Å². The number of hydrogen-bond donors (Lipinski definition) is 1. The van der Waals surface area contributed by atoms with Gasteiger partial charge in [0.25, 0.3) is 5.91 Å². The van der Waals surface area contributed by atoms with Crippen LogP contribution in [-0.2, 0) is 9.59 Å². The van der Waals surface area contributed by atoms with E-state index in [9.17, 15) is 14.7 Å². The first-order valence-electron chi connectivity index (χ1n) is 8.37. The van der Waals surface area contributed by atoms with Crippen LogP contribution >= 0.6 is 47.2 Å². The monoisotopic (exact) mass is 455 g/mol. The van der Waals surface area contributed by atoms with Crippen molar-refractivity contribution >= 4 is 69.5 Å². The quantitative estimate of drug-likeness (QED) is 0.444. The summed E-state index contributed by atoms with van der Waals surface area (Å²) in [7, 11) is 0. The molecule has 1 aliphatic rings. The first kappa shape index (κ1) is 20.9. The Balaban J connectivity index is 1.85. The number of carboxylic acids is 1. The Kier molecular flexibility index (Phi) is 6.50. The second-order valence-electron chi connectivity index (χ2n) is 6.03. The normalized spacial score (nSPS) is 16.8. The van der Waals surface area contributed by atoms with Gasteiger partial charge in [0.05, 0.1) is 15.0 Å². The van der Waals surface area contributed by atoms with Crippen molar-refractivity contribution in [3.05, 3.63) is 51.0 Å². The molecule has 28 heavy (non-hydrogen) atoms. The van der Waals surface area contributed by atoms with Gasteiger partial charge >= 0.3 is 5.97 Å². The van der Waals surface area contributed by atoms with Crippen molar-refractivity contribution in [2.75, 3.05) is 0 Å². The lowest BCUT2D eigenvalue weighted by atomic mass is 10.1. The highest BCUT2D eigenvalue weighted by Crippen LogP contribution is 2.36.